The second-order valence-corrected chi connectivity index (χ2v) is 9.08. The number of esters is 1. The molecule has 0 saturated carbocycles. The van der Waals surface area contributed by atoms with Gasteiger partial charge in [-0.25, -0.2) is 9.59 Å². The van der Waals surface area contributed by atoms with Gasteiger partial charge in [0.15, 0.2) is 5.82 Å². The van der Waals surface area contributed by atoms with Crippen molar-refractivity contribution in [2.24, 2.45) is 5.41 Å². The van der Waals surface area contributed by atoms with Gasteiger partial charge in [-0.15, -0.1) is 10.2 Å². The van der Waals surface area contributed by atoms with Gasteiger partial charge in [-0.3, -0.25) is 0 Å². The molecule has 1 aromatic carbocycles. The Morgan fingerprint density at radius 1 is 1.21 bits per heavy atom. The number of piperidine rings is 1. The summed E-state index contributed by atoms with van der Waals surface area (Å²) in [5.41, 5.74) is 7.35. The van der Waals surface area contributed by atoms with Gasteiger partial charge in [-0.2, -0.15) is 0 Å². The van der Waals surface area contributed by atoms with E-state index in [2.05, 4.69) is 20.4 Å². The molecule has 178 valence electrons. The van der Waals surface area contributed by atoms with Gasteiger partial charge in [0.1, 0.15) is 17.9 Å². The fourth-order valence-electron chi connectivity index (χ4n) is 3.73. The number of aromatic nitrogens is 2. The van der Waals surface area contributed by atoms with E-state index in [-0.39, 0.29) is 17.7 Å². The summed E-state index contributed by atoms with van der Waals surface area (Å²) < 4.78 is 10.4. The Balaban J connectivity index is 1.62. The minimum absolute atomic E-state index is 0.112. The van der Waals surface area contributed by atoms with E-state index in [1.54, 1.807) is 24.3 Å². The molecule has 1 aliphatic heterocycles. The maximum atomic E-state index is 12.4. The molecular formula is C23H31N5O5. The molecule has 1 saturated heterocycles. The molecule has 1 aromatic heterocycles. The summed E-state index contributed by atoms with van der Waals surface area (Å²) in [4.78, 5) is 26.5. The van der Waals surface area contributed by atoms with E-state index < -0.39 is 23.5 Å². The second-order valence-electron chi connectivity index (χ2n) is 9.08. The van der Waals surface area contributed by atoms with Crippen LogP contribution in [0.5, 0.6) is 5.75 Å². The van der Waals surface area contributed by atoms with Crippen LogP contribution in [-0.4, -0.2) is 59.7 Å². The number of nitrogen functional groups attached to an aromatic ring is 1. The highest BCUT2D eigenvalue weighted by Crippen LogP contribution is 2.32. The zero-order valence-electron chi connectivity index (χ0n) is 19.4. The van der Waals surface area contributed by atoms with Crippen LogP contribution in [-0.2, 0) is 14.3 Å². The van der Waals surface area contributed by atoms with Crippen LogP contribution in [0, 0.1) is 5.41 Å². The van der Waals surface area contributed by atoms with E-state index in [1.165, 1.54) is 7.11 Å². The Morgan fingerprint density at radius 3 is 2.48 bits per heavy atom. The smallest absolute Gasteiger partial charge is 0.408 e. The molecule has 2 aromatic rings. The number of alkyl carbamates (subject to hydrolysis) is 1. The summed E-state index contributed by atoms with van der Waals surface area (Å²) >= 11 is 0. The predicted molar refractivity (Wildman–Crippen MR) is 124 cm³/mol. The molecule has 0 spiro atoms. The first-order chi connectivity index (χ1) is 15.6. The van der Waals surface area contributed by atoms with E-state index in [4.69, 9.17) is 15.2 Å². The number of benzene rings is 1. The highest BCUT2D eigenvalue weighted by Gasteiger charge is 2.35. The van der Waals surface area contributed by atoms with Gasteiger partial charge in [0, 0.05) is 31.5 Å². The number of para-hydroxylation sites is 1. The first kappa shape index (κ1) is 24.1. The summed E-state index contributed by atoms with van der Waals surface area (Å²) in [5, 5.41) is 20.9. The van der Waals surface area contributed by atoms with Gasteiger partial charge in [-0.05, 0) is 23.6 Å². The van der Waals surface area contributed by atoms with Crippen LogP contribution in [0.4, 0.5) is 16.3 Å². The van der Waals surface area contributed by atoms with Crippen LogP contribution in [0.25, 0.3) is 11.3 Å². The average Bonchev–Trinajstić information content (AvgIpc) is 2.78. The van der Waals surface area contributed by atoms with Crippen molar-refractivity contribution >= 4 is 23.6 Å². The van der Waals surface area contributed by atoms with Crippen molar-refractivity contribution in [2.45, 2.75) is 45.8 Å². The SMILES string of the molecule is COC(=O)[C@@H](NC(=O)OC1CCN(c2cc(-c3ccccc3O)nnc2N)CC1)C(C)(C)C. The molecule has 0 bridgehead atoms. The highest BCUT2D eigenvalue weighted by molar-refractivity contribution is 5.82. The van der Waals surface area contributed by atoms with Crippen molar-refractivity contribution in [3.05, 3.63) is 30.3 Å². The highest BCUT2D eigenvalue weighted by atomic mass is 16.6. The molecule has 4 N–H and O–H groups in total. The van der Waals surface area contributed by atoms with Crippen molar-refractivity contribution in [3.8, 4) is 17.0 Å². The van der Waals surface area contributed by atoms with Gasteiger partial charge in [0.05, 0.1) is 18.5 Å². The Kier molecular flexibility index (Phi) is 7.25. The Morgan fingerprint density at radius 2 is 1.88 bits per heavy atom. The third-order valence-electron chi connectivity index (χ3n) is 5.60. The number of hydrogen-bond acceptors (Lipinski definition) is 9. The number of ether oxygens (including phenoxy) is 2. The van der Waals surface area contributed by atoms with E-state index in [9.17, 15) is 14.7 Å². The number of anilines is 2. The molecule has 0 unspecified atom stereocenters. The van der Waals surface area contributed by atoms with Gasteiger partial charge in [0.2, 0.25) is 0 Å². The maximum absolute atomic E-state index is 12.4. The average molecular weight is 458 g/mol. The quantitative estimate of drug-likeness (QED) is 0.578. The molecule has 0 radical (unpaired) electrons. The number of rotatable bonds is 5. The third kappa shape index (κ3) is 5.82. The van der Waals surface area contributed by atoms with Crippen molar-refractivity contribution < 1.29 is 24.2 Å². The van der Waals surface area contributed by atoms with Crippen molar-refractivity contribution in [2.75, 3.05) is 30.8 Å². The number of methoxy groups -OCH3 is 1. The summed E-state index contributed by atoms with van der Waals surface area (Å²) in [6.07, 6.45) is 0.220. The van der Waals surface area contributed by atoms with Crippen molar-refractivity contribution in [1.29, 1.82) is 0 Å². The van der Waals surface area contributed by atoms with Crippen LogP contribution in [0.15, 0.2) is 30.3 Å². The lowest BCUT2D eigenvalue weighted by Gasteiger charge is -2.34. The van der Waals surface area contributed by atoms with Crippen molar-refractivity contribution in [1.82, 2.24) is 15.5 Å². The van der Waals surface area contributed by atoms with Crippen molar-refractivity contribution in [3.63, 3.8) is 0 Å². The lowest BCUT2D eigenvalue weighted by atomic mass is 9.87. The molecule has 33 heavy (non-hydrogen) atoms. The standard InChI is InChI=1S/C23H31N5O5/c1-23(2,3)19(21(30)32-4)25-22(31)33-14-9-11-28(12-10-14)17-13-16(26-27-20(17)24)15-7-5-6-8-18(15)29/h5-8,13-14,19,29H,9-12H2,1-4H3,(H2,24,27)(H,25,31)/t19-/m1/s1. The van der Waals surface area contributed by atoms with E-state index in [0.717, 1.165) is 0 Å². The van der Waals surface area contributed by atoms with Gasteiger partial charge in [0.25, 0.3) is 0 Å². The van der Waals surface area contributed by atoms with Crippen LogP contribution >= 0.6 is 0 Å². The number of hydrogen-bond donors (Lipinski definition) is 3. The number of phenolic OH excluding ortho intramolecular Hbond substituents is 1. The number of aromatic hydroxyl groups is 1. The maximum Gasteiger partial charge on any atom is 0.408 e. The van der Waals surface area contributed by atoms with Crippen LogP contribution in [0.1, 0.15) is 33.6 Å². The topological polar surface area (TPSA) is 140 Å². The fraction of sp³-hybridized carbons (Fsp3) is 0.478. The molecule has 1 amide bonds. The molecule has 10 heteroatoms. The van der Waals surface area contributed by atoms with Crippen LogP contribution in [0.3, 0.4) is 0 Å². The number of nitrogens with zero attached hydrogens (tertiary/aromatic N) is 3. The third-order valence-corrected chi connectivity index (χ3v) is 5.60. The normalized spacial score (nSPS) is 15.6. The van der Waals surface area contributed by atoms with Crippen LogP contribution in [0.2, 0.25) is 0 Å². The zero-order valence-corrected chi connectivity index (χ0v) is 19.4. The summed E-state index contributed by atoms with van der Waals surface area (Å²) in [5.74, 6) is -0.117. The molecule has 10 nitrogen and oxygen atoms in total. The molecule has 0 aliphatic carbocycles. The number of carbonyl (C=O) groups excluding carboxylic acids is 2. The van der Waals surface area contributed by atoms with E-state index in [0.29, 0.717) is 42.9 Å². The predicted octanol–water partition coefficient (Wildman–Crippen LogP) is 2.71. The summed E-state index contributed by atoms with van der Waals surface area (Å²) in [6.45, 7) is 6.69. The first-order valence-electron chi connectivity index (χ1n) is 10.8. The molecule has 1 atom stereocenters. The van der Waals surface area contributed by atoms with Gasteiger partial charge in [-0.1, -0.05) is 32.9 Å². The first-order valence-corrected chi connectivity index (χ1v) is 10.8. The number of amides is 1. The van der Waals surface area contributed by atoms with Gasteiger partial charge < -0.3 is 30.5 Å². The molecule has 2 heterocycles. The minimum atomic E-state index is -0.814. The molecule has 1 aliphatic rings. The molecular weight excluding hydrogens is 426 g/mol. The Hall–Kier alpha value is -3.56. The lowest BCUT2D eigenvalue weighted by Crippen LogP contribution is -2.51. The van der Waals surface area contributed by atoms with Gasteiger partial charge >= 0.3 is 12.1 Å². The lowest BCUT2D eigenvalue weighted by molar-refractivity contribution is -0.145. The number of carbonyl (C=O) groups is 2. The van der Waals surface area contributed by atoms with E-state index in [1.807, 2.05) is 26.8 Å². The largest absolute Gasteiger partial charge is 0.507 e. The molecule has 3 rings (SSSR count). The summed E-state index contributed by atoms with van der Waals surface area (Å²) in [7, 11) is 1.29. The van der Waals surface area contributed by atoms with E-state index >= 15 is 0 Å². The monoisotopic (exact) mass is 457 g/mol. The number of nitrogens with one attached hydrogen (secondary N) is 1. The minimum Gasteiger partial charge on any atom is -0.507 e. The Labute approximate surface area is 193 Å². The zero-order chi connectivity index (χ0) is 24.2. The summed E-state index contributed by atoms with van der Waals surface area (Å²) in [6, 6.07) is 7.88. The number of phenols is 1. The fourth-order valence-corrected chi connectivity index (χ4v) is 3.73. The molecule has 1 fully saturated rings. The Bertz CT molecular complexity index is 999. The number of nitrogens with two attached hydrogens (primary N) is 1. The second kappa shape index (κ2) is 9.93. The van der Waals surface area contributed by atoms with Crippen LogP contribution < -0.4 is 16.0 Å².